The van der Waals surface area contributed by atoms with Gasteiger partial charge in [0.1, 0.15) is 17.5 Å². The van der Waals surface area contributed by atoms with Gasteiger partial charge < -0.3 is 9.84 Å². The molecule has 90 valence electrons. The van der Waals surface area contributed by atoms with Gasteiger partial charge in [0.05, 0.1) is 13.3 Å². The molecule has 0 bridgehead atoms. The Morgan fingerprint density at radius 1 is 1.53 bits per heavy atom. The lowest BCUT2D eigenvalue weighted by atomic mass is 10.1. The van der Waals surface area contributed by atoms with Crippen LogP contribution in [0.5, 0.6) is 5.75 Å². The fraction of sp³-hybridized carbons (Fsp3) is 0.273. The van der Waals surface area contributed by atoms with Gasteiger partial charge in [-0.05, 0) is 23.8 Å². The average molecular weight is 254 g/mol. The SMILES string of the molecule is COc1ccc(Cl)cc1CC(O)c1cn[nH]n1. The molecule has 0 fully saturated rings. The van der Waals surface area contributed by atoms with Crippen molar-refractivity contribution < 1.29 is 9.84 Å². The fourth-order valence-corrected chi connectivity index (χ4v) is 1.79. The van der Waals surface area contributed by atoms with E-state index in [2.05, 4.69) is 15.4 Å². The first-order valence-corrected chi connectivity index (χ1v) is 5.44. The van der Waals surface area contributed by atoms with Crippen molar-refractivity contribution in [1.82, 2.24) is 15.4 Å². The first-order chi connectivity index (χ1) is 8.20. The zero-order valence-electron chi connectivity index (χ0n) is 9.22. The zero-order valence-corrected chi connectivity index (χ0v) is 9.98. The molecule has 0 aliphatic heterocycles. The Labute approximate surface area is 103 Å². The number of halogens is 1. The van der Waals surface area contributed by atoms with Crippen LogP contribution in [0.4, 0.5) is 0 Å². The average Bonchev–Trinajstić information content (AvgIpc) is 2.83. The Morgan fingerprint density at radius 3 is 3.00 bits per heavy atom. The van der Waals surface area contributed by atoms with Crippen molar-refractivity contribution in [2.45, 2.75) is 12.5 Å². The molecule has 2 N–H and O–H groups in total. The van der Waals surface area contributed by atoms with Gasteiger partial charge in [-0.25, -0.2) is 0 Å². The lowest BCUT2D eigenvalue weighted by Gasteiger charge is -2.11. The fourth-order valence-electron chi connectivity index (χ4n) is 1.59. The highest BCUT2D eigenvalue weighted by Crippen LogP contribution is 2.26. The van der Waals surface area contributed by atoms with Crippen LogP contribution in [-0.4, -0.2) is 27.6 Å². The molecule has 1 heterocycles. The summed E-state index contributed by atoms with van der Waals surface area (Å²) in [5.74, 6) is 0.692. The predicted molar refractivity (Wildman–Crippen MR) is 63.1 cm³/mol. The number of ether oxygens (including phenoxy) is 1. The highest BCUT2D eigenvalue weighted by Gasteiger charge is 2.14. The third-order valence-corrected chi connectivity index (χ3v) is 2.67. The lowest BCUT2D eigenvalue weighted by molar-refractivity contribution is 0.172. The summed E-state index contributed by atoms with van der Waals surface area (Å²) >= 11 is 5.91. The number of methoxy groups -OCH3 is 1. The second kappa shape index (κ2) is 5.16. The van der Waals surface area contributed by atoms with Crippen LogP contribution in [0.15, 0.2) is 24.4 Å². The molecule has 0 aliphatic carbocycles. The van der Waals surface area contributed by atoms with E-state index in [0.29, 0.717) is 22.9 Å². The normalized spacial score (nSPS) is 12.4. The third-order valence-electron chi connectivity index (χ3n) is 2.43. The summed E-state index contributed by atoms with van der Waals surface area (Å²) in [6.07, 6.45) is 1.12. The number of rotatable bonds is 4. The van der Waals surface area contributed by atoms with Crippen molar-refractivity contribution in [2.75, 3.05) is 7.11 Å². The van der Waals surface area contributed by atoms with Crippen molar-refractivity contribution in [2.24, 2.45) is 0 Å². The van der Waals surface area contributed by atoms with E-state index in [9.17, 15) is 5.11 Å². The van der Waals surface area contributed by atoms with Gasteiger partial charge in [0.25, 0.3) is 0 Å². The number of aromatic amines is 1. The minimum absolute atomic E-state index is 0.371. The minimum Gasteiger partial charge on any atom is -0.496 e. The summed E-state index contributed by atoms with van der Waals surface area (Å²) in [7, 11) is 1.58. The highest BCUT2D eigenvalue weighted by molar-refractivity contribution is 6.30. The van der Waals surface area contributed by atoms with E-state index < -0.39 is 6.10 Å². The maximum Gasteiger partial charge on any atom is 0.122 e. The molecule has 2 aromatic rings. The first-order valence-electron chi connectivity index (χ1n) is 5.07. The molecular weight excluding hydrogens is 242 g/mol. The molecule has 0 saturated carbocycles. The Balaban J connectivity index is 2.20. The van der Waals surface area contributed by atoms with Crippen LogP contribution in [-0.2, 0) is 6.42 Å². The molecule has 0 amide bonds. The summed E-state index contributed by atoms with van der Waals surface area (Å²) in [6, 6.07) is 5.28. The van der Waals surface area contributed by atoms with E-state index in [0.717, 1.165) is 5.56 Å². The summed E-state index contributed by atoms with van der Waals surface area (Å²) in [6.45, 7) is 0. The van der Waals surface area contributed by atoms with Gasteiger partial charge in [-0.15, -0.1) is 0 Å². The summed E-state index contributed by atoms with van der Waals surface area (Å²) in [5.41, 5.74) is 1.32. The molecule has 1 aromatic heterocycles. The van der Waals surface area contributed by atoms with Gasteiger partial charge in [0.15, 0.2) is 0 Å². The van der Waals surface area contributed by atoms with Crippen molar-refractivity contribution in [3.8, 4) is 5.75 Å². The van der Waals surface area contributed by atoms with Crippen LogP contribution in [0, 0.1) is 0 Å². The van der Waals surface area contributed by atoms with E-state index in [1.165, 1.54) is 6.20 Å². The van der Waals surface area contributed by atoms with Crippen LogP contribution in [0.25, 0.3) is 0 Å². The summed E-state index contributed by atoms with van der Waals surface area (Å²) in [4.78, 5) is 0. The molecule has 1 unspecified atom stereocenters. The van der Waals surface area contributed by atoms with Gasteiger partial charge >= 0.3 is 0 Å². The number of aliphatic hydroxyl groups is 1. The topological polar surface area (TPSA) is 71.0 Å². The molecule has 6 heteroatoms. The van der Waals surface area contributed by atoms with Gasteiger partial charge in [0.2, 0.25) is 0 Å². The minimum atomic E-state index is -0.735. The molecular formula is C11H12ClN3O2. The molecule has 0 spiro atoms. The Bertz CT molecular complexity index is 487. The Kier molecular flexibility index (Phi) is 3.61. The number of hydrogen-bond donors (Lipinski definition) is 2. The molecule has 1 aromatic carbocycles. The van der Waals surface area contributed by atoms with Gasteiger partial charge in [0, 0.05) is 11.4 Å². The van der Waals surface area contributed by atoms with Crippen LogP contribution in [0.1, 0.15) is 17.4 Å². The van der Waals surface area contributed by atoms with E-state index in [1.807, 2.05) is 0 Å². The van der Waals surface area contributed by atoms with Gasteiger partial charge in [-0.3, -0.25) is 0 Å². The van der Waals surface area contributed by atoms with Crippen LogP contribution in [0.2, 0.25) is 5.02 Å². The molecule has 0 saturated heterocycles. The van der Waals surface area contributed by atoms with Crippen molar-refractivity contribution >= 4 is 11.6 Å². The second-order valence-electron chi connectivity index (χ2n) is 3.57. The maximum absolute atomic E-state index is 9.95. The van der Waals surface area contributed by atoms with Gasteiger partial charge in [-0.2, -0.15) is 15.4 Å². The molecule has 2 rings (SSSR count). The summed E-state index contributed by atoms with van der Waals surface area (Å²) in [5, 5.41) is 20.5. The largest absolute Gasteiger partial charge is 0.496 e. The molecule has 17 heavy (non-hydrogen) atoms. The molecule has 5 nitrogen and oxygen atoms in total. The number of aromatic nitrogens is 3. The summed E-state index contributed by atoms with van der Waals surface area (Å²) < 4.78 is 5.20. The smallest absolute Gasteiger partial charge is 0.122 e. The molecule has 0 radical (unpaired) electrons. The number of nitrogens with one attached hydrogen (secondary N) is 1. The standard InChI is InChI=1S/C11H12ClN3O2/c1-17-11-3-2-8(12)4-7(11)5-10(16)9-6-13-15-14-9/h2-4,6,10,16H,5H2,1H3,(H,13,14,15). The van der Waals surface area contributed by atoms with E-state index >= 15 is 0 Å². The lowest BCUT2D eigenvalue weighted by Crippen LogP contribution is -2.04. The third kappa shape index (κ3) is 2.75. The monoisotopic (exact) mass is 253 g/mol. The Morgan fingerprint density at radius 2 is 2.35 bits per heavy atom. The van der Waals surface area contributed by atoms with Crippen molar-refractivity contribution in [3.63, 3.8) is 0 Å². The molecule has 0 aliphatic rings. The van der Waals surface area contributed by atoms with Crippen molar-refractivity contribution in [1.29, 1.82) is 0 Å². The predicted octanol–water partition coefficient (Wildman–Crippen LogP) is 1.74. The number of nitrogens with zero attached hydrogens (tertiary/aromatic N) is 2. The number of aliphatic hydroxyl groups excluding tert-OH is 1. The Hall–Kier alpha value is -1.59. The number of hydrogen-bond acceptors (Lipinski definition) is 4. The van der Waals surface area contributed by atoms with E-state index in [4.69, 9.17) is 16.3 Å². The zero-order chi connectivity index (χ0) is 12.3. The van der Waals surface area contributed by atoms with E-state index in [1.54, 1.807) is 25.3 Å². The number of benzene rings is 1. The van der Waals surface area contributed by atoms with Crippen LogP contribution < -0.4 is 4.74 Å². The molecule has 1 atom stereocenters. The highest BCUT2D eigenvalue weighted by atomic mass is 35.5. The number of H-pyrrole nitrogens is 1. The van der Waals surface area contributed by atoms with Gasteiger partial charge in [-0.1, -0.05) is 11.6 Å². The van der Waals surface area contributed by atoms with Crippen LogP contribution >= 0.6 is 11.6 Å². The second-order valence-corrected chi connectivity index (χ2v) is 4.01. The first kappa shape index (κ1) is 11.9. The quantitative estimate of drug-likeness (QED) is 0.871. The maximum atomic E-state index is 9.95. The van der Waals surface area contributed by atoms with E-state index in [-0.39, 0.29) is 0 Å². The van der Waals surface area contributed by atoms with Crippen LogP contribution in [0.3, 0.4) is 0 Å². The van der Waals surface area contributed by atoms with Crippen molar-refractivity contribution in [3.05, 3.63) is 40.7 Å².